The van der Waals surface area contributed by atoms with Crippen LogP contribution in [-0.4, -0.2) is 20.6 Å². The highest BCUT2D eigenvalue weighted by Crippen LogP contribution is 2.34. The van der Waals surface area contributed by atoms with Crippen molar-refractivity contribution in [2.75, 3.05) is 5.32 Å². The Hall–Kier alpha value is -2.67. The summed E-state index contributed by atoms with van der Waals surface area (Å²) in [5.74, 6) is -0.180. The minimum Gasteiger partial charge on any atom is -0.508 e. The molecule has 1 aliphatic rings. The maximum Gasteiger partial charge on any atom is 0.262 e. The van der Waals surface area contributed by atoms with Crippen molar-refractivity contribution >= 4 is 33.1 Å². The zero-order chi connectivity index (χ0) is 16.7. The topological polar surface area (TPSA) is 84.2 Å². The highest BCUT2D eigenvalue weighted by Gasteiger charge is 2.21. The minimum atomic E-state index is -0.309. The normalized spacial score (nSPS) is 13.2. The molecule has 0 radical (unpaired) electrons. The number of thiophene rings is 1. The molecule has 2 N–H and O–H groups in total. The third-order valence-electron chi connectivity index (χ3n) is 4.16. The van der Waals surface area contributed by atoms with Gasteiger partial charge in [0.25, 0.3) is 5.56 Å². The largest absolute Gasteiger partial charge is 0.508 e. The standard InChI is InChI=1S/C17H15N3O3S/c21-11-6-4-10(5-7-11)19-14(22)8-20-9-18-16-15(17(20)23)12-2-1-3-13(12)24-16/h4-7,9,21H,1-3,8H2,(H,19,22). The van der Waals surface area contributed by atoms with Crippen molar-refractivity contribution in [1.82, 2.24) is 9.55 Å². The molecule has 3 aromatic rings. The van der Waals surface area contributed by atoms with E-state index in [0.717, 1.165) is 29.7 Å². The minimum absolute atomic E-state index is 0.0900. The summed E-state index contributed by atoms with van der Waals surface area (Å²) in [4.78, 5) is 31.2. The molecule has 1 aromatic carbocycles. The van der Waals surface area contributed by atoms with Crippen LogP contribution in [0.3, 0.4) is 0 Å². The van der Waals surface area contributed by atoms with Gasteiger partial charge in [-0.25, -0.2) is 4.98 Å². The number of aromatic hydroxyl groups is 1. The Balaban J connectivity index is 1.60. The van der Waals surface area contributed by atoms with E-state index in [9.17, 15) is 14.7 Å². The number of fused-ring (bicyclic) bond motifs is 3. The second kappa shape index (κ2) is 5.76. The van der Waals surface area contributed by atoms with Crippen LogP contribution in [0.5, 0.6) is 5.75 Å². The number of nitrogens with one attached hydrogen (secondary N) is 1. The molecule has 0 saturated carbocycles. The molecule has 0 spiro atoms. The Kier molecular flexibility index (Phi) is 3.57. The average Bonchev–Trinajstić information content (AvgIpc) is 3.13. The van der Waals surface area contributed by atoms with Crippen LogP contribution in [-0.2, 0) is 24.2 Å². The summed E-state index contributed by atoms with van der Waals surface area (Å²) < 4.78 is 1.35. The first-order valence-electron chi connectivity index (χ1n) is 7.70. The fraction of sp³-hybridized carbons (Fsp3) is 0.235. The molecule has 1 amide bonds. The van der Waals surface area contributed by atoms with Gasteiger partial charge in [0.1, 0.15) is 17.1 Å². The predicted octanol–water partition coefficient (Wildman–Crippen LogP) is 2.29. The van der Waals surface area contributed by atoms with Crippen LogP contribution >= 0.6 is 11.3 Å². The fourth-order valence-corrected chi connectivity index (χ4v) is 4.25. The summed E-state index contributed by atoms with van der Waals surface area (Å²) in [7, 11) is 0. The first kappa shape index (κ1) is 14.9. The lowest BCUT2D eigenvalue weighted by Crippen LogP contribution is -2.27. The van der Waals surface area contributed by atoms with Crippen molar-refractivity contribution in [3.8, 4) is 5.75 Å². The van der Waals surface area contributed by atoms with E-state index in [1.54, 1.807) is 23.5 Å². The molecule has 24 heavy (non-hydrogen) atoms. The van der Waals surface area contributed by atoms with Crippen molar-refractivity contribution < 1.29 is 9.90 Å². The van der Waals surface area contributed by atoms with Gasteiger partial charge in [0.2, 0.25) is 5.91 Å². The lowest BCUT2D eigenvalue weighted by atomic mass is 10.2. The van der Waals surface area contributed by atoms with Gasteiger partial charge in [0.05, 0.1) is 11.7 Å². The van der Waals surface area contributed by atoms with Crippen molar-refractivity contribution in [3.05, 3.63) is 51.4 Å². The van der Waals surface area contributed by atoms with Crippen molar-refractivity contribution in [1.29, 1.82) is 0 Å². The molecule has 0 unspecified atom stereocenters. The van der Waals surface area contributed by atoms with E-state index in [-0.39, 0.29) is 23.8 Å². The fourth-order valence-electron chi connectivity index (χ4n) is 3.03. The molecule has 6 nitrogen and oxygen atoms in total. The van der Waals surface area contributed by atoms with E-state index in [2.05, 4.69) is 10.3 Å². The smallest absolute Gasteiger partial charge is 0.262 e. The van der Waals surface area contributed by atoms with Crippen LogP contribution in [0.1, 0.15) is 16.9 Å². The number of carbonyl (C=O) groups is 1. The first-order valence-corrected chi connectivity index (χ1v) is 8.52. The summed E-state index contributed by atoms with van der Waals surface area (Å²) in [6.07, 6.45) is 4.44. The monoisotopic (exact) mass is 341 g/mol. The summed E-state index contributed by atoms with van der Waals surface area (Å²) >= 11 is 1.58. The second-order valence-electron chi connectivity index (χ2n) is 5.81. The SMILES string of the molecule is O=C(Cn1cnc2sc3c(c2c1=O)CCC3)Nc1ccc(O)cc1. The van der Waals surface area contributed by atoms with Gasteiger partial charge in [-0.2, -0.15) is 0 Å². The maximum absolute atomic E-state index is 12.7. The number of hydrogen-bond donors (Lipinski definition) is 2. The quantitative estimate of drug-likeness (QED) is 0.716. The molecular weight excluding hydrogens is 326 g/mol. The van der Waals surface area contributed by atoms with E-state index in [1.807, 2.05) is 0 Å². The summed E-state index contributed by atoms with van der Waals surface area (Å²) in [6.45, 7) is -0.0900. The van der Waals surface area contributed by atoms with Gasteiger partial charge >= 0.3 is 0 Å². The lowest BCUT2D eigenvalue weighted by Gasteiger charge is -2.07. The van der Waals surface area contributed by atoms with E-state index < -0.39 is 0 Å². The molecule has 122 valence electrons. The number of amides is 1. The molecule has 2 aromatic heterocycles. The number of aryl methyl sites for hydroxylation is 2. The second-order valence-corrected chi connectivity index (χ2v) is 6.89. The Morgan fingerprint density at radius 1 is 1.29 bits per heavy atom. The molecule has 2 heterocycles. The van der Waals surface area contributed by atoms with Gasteiger partial charge in [-0.15, -0.1) is 11.3 Å². The number of benzene rings is 1. The Morgan fingerprint density at radius 2 is 2.08 bits per heavy atom. The predicted molar refractivity (Wildman–Crippen MR) is 92.6 cm³/mol. The van der Waals surface area contributed by atoms with E-state index in [1.165, 1.54) is 27.9 Å². The number of hydrogen-bond acceptors (Lipinski definition) is 5. The number of carbonyl (C=O) groups excluding carboxylic acids is 1. The lowest BCUT2D eigenvalue weighted by molar-refractivity contribution is -0.116. The van der Waals surface area contributed by atoms with Crippen LogP contribution in [0.25, 0.3) is 10.2 Å². The highest BCUT2D eigenvalue weighted by atomic mass is 32.1. The zero-order valence-corrected chi connectivity index (χ0v) is 13.6. The number of phenols is 1. The van der Waals surface area contributed by atoms with Crippen LogP contribution in [0, 0.1) is 0 Å². The first-order chi connectivity index (χ1) is 11.6. The number of rotatable bonds is 3. The third kappa shape index (κ3) is 2.56. The molecule has 0 bridgehead atoms. The molecule has 7 heteroatoms. The molecule has 0 saturated heterocycles. The Morgan fingerprint density at radius 3 is 2.88 bits per heavy atom. The van der Waals surface area contributed by atoms with Crippen LogP contribution in [0.15, 0.2) is 35.4 Å². The summed E-state index contributed by atoms with van der Waals surface area (Å²) in [5, 5.41) is 12.6. The van der Waals surface area contributed by atoms with Crippen LogP contribution in [0.4, 0.5) is 5.69 Å². The van der Waals surface area contributed by atoms with Gasteiger partial charge in [-0.1, -0.05) is 0 Å². The Labute approximate surface area is 141 Å². The number of anilines is 1. The summed E-state index contributed by atoms with van der Waals surface area (Å²) in [6, 6.07) is 6.18. The van der Waals surface area contributed by atoms with E-state index in [0.29, 0.717) is 11.1 Å². The van der Waals surface area contributed by atoms with E-state index >= 15 is 0 Å². The van der Waals surface area contributed by atoms with Gasteiger partial charge < -0.3 is 10.4 Å². The highest BCUT2D eigenvalue weighted by molar-refractivity contribution is 7.18. The maximum atomic E-state index is 12.7. The van der Waals surface area contributed by atoms with Crippen molar-refractivity contribution in [2.24, 2.45) is 0 Å². The number of phenolic OH excluding ortho intramolecular Hbond substituents is 1. The average molecular weight is 341 g/mol. The number of aromatic nitrogens is 2. The van der Waals surface area contributed by atoms with Crippen LogP contribution < -0.4 is 10.9 Å². The number of nitrogens with zero attached hydrogens (tertiary/aromatic N) is 2. The molecule has 1 aliphatic carbocycles. The molecular formula is C17H15N3O3S. The van der Waals surface area contributed by atoms with Crippen LogP contribution in [0.2, 0.25) is 0 Å². The van der Waals surface area contributed by atoms with Gasteiger partial charge in [0, 0.05) is 10.6 Å². The zero-order valence-electron chi connectivity index (χ0n) is 12.8. The van der Waals surface area contributed by atoms with Gasteiger partial charge in [0.15, 0.2) is 0 Å². The molecule has 0 aliphatic heterocycles. The van der Waals surface area contributed by atoms with Crippen molar-refractivity contribution in [3.63, 3.8) is 0 Å². The molecule has 4 rings (SSSR count). The molecule has 0 fully saturated rings. The van der Waals surface area contributed by atoms with Gasteiger partial charge in [-0.05, 0) is 49.1 Å². The Bertz CT molecular complexity index is 989. The van der Waals surface area contributed by atoms with E-state index in [4.69, 9.17) is 0 Å². The van der Waals surface area contributed by atoms with Gasteiger partial charge in [-0.3, -0.25) is 14.2 Å². The third-order valence-corrected chi connectivity index (χ3v) is 5.36. The molecule has 0 atom stereocenters. The van der Waals surface area contributed by atoms with Crippen molar-refractivity contribution in [2.45, 2.75) is 25.8 Å². The summed E-state index contributed by atoms with van der Waals surface area (Å²) in [5.41, 5.74) is 1.53.